The second kappa shape index (κ2) is 11.4. The summed E-state index contributed by atoms with van der Waals surface area (Å²) in [5.41, 5.74) is 7.96. The molecule has 4 rings (SSSR count). The first-order valence-corrected chi connectivity index (χ1v) is 12.3. The molecule has 0 amide bonds. The molecule has 35 heavy (non-hydrogen) atoms. The van der Waals surface area contributed by atoms with E-state index in [4.69, 9.17) is 19.4 Å². The highest BCUT2D eigenvalue weighted by atomic mass is 16.5. The van der Waals surface area contributed by atoms with Crippen LogP contribution in [0.4, 0.5) is 0 Å². The highest BCUT2D eigenvalue weighted by Crippen LogP contribution is 2.38. The van der Waals surface area contributed by atoms with Crippen LogP contribution in [-0.4, -0.2) is 18.2 Å². The number of rotatable bonds is 6. The Morgan fingerprint density at radius 1 is 1.03 bits per heavy atom. The molecule has 0 radical (unpaired) electrons. The molecule has 0 spiro atoms. The number of hydrogen-bond donors (Lipinski definition) is 1. The SMILES string of the molecule is CC(=O)O.CC[C@@H]1CCc2ccc(OCc3ccc(-c4cccc(OC)c4)c(C(C)(C)C)c3)cc21. The Kier molecular flexibility index (Phi) is 8.61. The van der Waals surface area contributed by atoms with Crippen molar-refractivity contribution in [1.29, 1.82) is 0 Å². The summed E-state index contributed by atoms with van der Waals surface area (Å²) >= 11 is 0. The van der Waals surface area contributed by atoms with Gasteiger partial charge in [0.05, 0.1) is 7.11 Å². The smallest absolute Gasteiger partial charge is 0.300 e. The highest BCUT2D eigenvalue weighted by Gasteiger charge is 2.22. The largest absolute Gasteiger partial charge is 0.497 e. The van der Waals surface area contributed by atoms with Crippen molar-refractivity contribution in [2.24, 2.45) is 0 Å². The second-order valence-electron chi connectivity index (χ2n) is 10.2. The maximum absolute atomic E-state index is 9.00. The first-order valence-electron chi connectivity index (χ1n) is 12.3. The molecule has 0 heterocycles. The van der Waals surface area contributed by atoms with Crippen LogP contribution in [0.3, 0.4) is 0 Å². The van der Waals surface area contributed by atoms with E-state index in [0.717, 1.165) is 18.4 Å². The molecule has 0 fully saturated rings. The topological polar surface area (TPSA) is 55.8 Å². The molecule has 1 aliphatic rings. The number of aryl methyl sites for hydroxylation is 1. The van der Waals surface area contributed by atoms with Gasteiger partial charge in [-0.25, -0.2) is 0 Å². The van der Waals surface area contributed by atoms with Crippen LogP contribution in [0, 0.1) is 0 Å². The van der Waals surface area contributed by atoms with Crippen LogP contribution in [0.5, 0.6) is 11.5 Å². The molecule has 3 aromatic carbocycles. The van der Waals surface area contributed by atoms with E-state index in [1.807, 2.05) is 6.07 Å². The first-order chi connectivity index (χ1) is 16.6. The van der Waals surface area contributed by atoms with Gasteiger partial charge < -0.3 is 14.6 Å². The maximum Gasteiger partial charge on any atom is 0.300 e. The van der Waals surface area contributed by atoms with Gasteiger partial charge in [0.25, 0.3) is 5.97 Å². The lowest BCUT2D eigenvalue weighted by Crippen LogP contribution is -2.14. The van der Waals surface area contributed by atoms with E-state index in [1.54, 1.807) is 7.11 Å². The predicted octanol–water partition coefficient (Wildman–Crippen LogP) is 7.77. The van der Waals surface area contributed by atoms with Gasteiger partial charge in [-0.15, -0.1) is 0 Å². The van der Waals surface area contributed by atoms with Crippen LogP contribution in [0.15, 0.2) is 60.7 Å². The molecule has 1 atom stereocenters. The molecular weight excluding hydrogens is 436 g/mol. The van der Waals surface area contributed by atoms with E-state index in [2.05, 4.69) is 82.3 Å². The van der Waals surface area contributed by atoms with Crippen LogP contribution in [0.2, 0.25) is 0 Å². The van der Waals surface area contributed by atoms with E-state index in [0.29, 0.717) is 12.5 Å². The summed E-state index contributed by atoms with van der Waals surface area (Å²) in [6.07, 6.45) is 3.68. The second-order valence-corrected chi connectivity index (χ2v) is 10.2. The summed E-state index contributed by atoms with van der Waals surface area (Å²) in [5, 5.41) is 7.42. The fourth-order valence-corrected chi connectivity index (χ4v) is 4.69. The molecule has 0 aliphatic heterocycles. The van der Waals surface area contributed by atoms with E-state index >= 15 is 0 Å². The van der Waals surface area contributed by atoms with Gasteiger partial charge >= 0.3 is 0 Å². The van der Waals surface area contributed by atoms with Gasteiger partial charge in [-0.1, -0.05) is 64.1 Å². The standard InChI is InChI=1S/C29H34O2.C2H4O2/c1-6-21-11-12-22-13-14-25(18-27(21)22)31-19-20-10-15-26(28(16-20)29(2,3)4)23-8-7-9-24(17-23)30-5;1-2(3)4/h7-10,13-18,21H,6,11-12,19H2,1-5H3;1H3,(H,3,4)/t21-;/m1./s1. The third kappa shape index (κ3) is 6.88. The Bertz CT molecular complexity index is 1150. The van der Waals surface area contributed by atoms with Crippen molar-refractivity contribution in [1.82, 2.24) is 0 Å². The van der Waals surface area contributed by atoms with E-state index < -0.39 is 5.97 Å². The van der Waals surface area contributed by atoms with Crippen molar-refractivity contribution in [3.63, 3.8) is 0 Å². The van der Waals surface area contributed by atoms with Crippen molar-refractivity contribution < 1.29 is 19.4 Å². The van der Waals surface area contributed by atoms with Gasteiger partial charge in [0, 0.05) is 6.92 Å². The van der Waals surface area contributed by atoms with Crippen molar-refractivity contribution in [3.05, 3.63) is 82.9 Å². The lowest BCUT2D eigenvalue weighted by molar-refractivity contribution is -0.134. The van der Waals surface area contributed by atoms with Crippen molar-refractivity contribution in [3.8, 4) is 22.6 Å². The predicted molar refractivity (Wildman–Crippen MR) is 143 cm³/mol. The Morgan fingerprint density at radius 2 is 1.77 bits per heavy atom. The van der Waals surface area contributed by atoms with E-state index in [9.17, 15) is 0 Å². The molecule has 0 unspecified atom stereocenters. The number of methoxy groups -OCH3 is 1. The molecule has 4 heteroatoms. The number of carboxylic acids is 1. The normalized spacial score (nSPS) is 14.5. The summed E-state index contributed by atoms with van der Waals surface area (Å²) in [4.78, 5) is 9.00. The Hall–Kier alpha value is -3.27. The number of aliphatic carboxylic acids is 1. The van der Waals surface area contributed by atoms with Gasteiger partial charge in [0.15, 0.2) is 0 Å². The molecule has 0 saturated carbocycles. The van der Waals surface area contributed by atoms with Crippen LogP contribution in [-0.2, 0) is 23.2 Å². The summed E-state index contributed by atoms with van der Waals surface area (Å²) in [6, 6.07) is 21.7. The first kappa shape index (κ1) is 26.3. The molecule has 3 aromatic rings. The number of carbonyl (C=O) groups is 1. The zero-order chi connectivity index (χ0) is 25.6. The molecule has 4 nitrogen and oxygen atoms in total. The lowest BCUT2D eigenvalue weighted by atomic mass is 9.81. The summed E-state index contributed by atoms with van der Waals surface area (Å²) in [5.74, 6) is 1.72. The molecule has 0 aromatic heterocycles. The average molecular weight is 475 g/mol. The van der Waals surface area contributed by atoms with Crippen molar-refractivity contribution >= 4 is 5.97 Å². The summed E-state index contributed by atoms with van der Waals surface area (Å²) < 4.78 is 11.7. The van der Waals surface area contributed by atoms with Gasteiger partial charge in [0.1, 0.15) is 18.1 Å². The molecular formula is C31H38O4. The monoisotopic (exact) mass is 474 g/mol. The van der Waals surface area contributed by atoms with E-state index in [1.165, 1.54) is 52.6 Å². The molecule has 186 valence electrons. The van der Waals surface area contributed by atoms with Crippen LogP contribution in [0.1, 0.15) is 75.6 Å². The molecule has 0 bridgehead atoms. The zero-order valence-corrected chi connectivity index (χ0v) is 21.9. The van der Waals surface area contributed by atoms with E-state index in [-0.39, 0.29) is 5.41 Å². The van der Waals surface area contributed by atoms with Crippen LogP contribution in [0.25, 0.3) is 11.1 Å². The number of carboxylic acid groups (broad SMARTS) is 1. The lowest BCUT2D eigenvalue weighted by Gasteiger charge is -2.24. The highest BCUT2D eigenvalue weighted by molar-refractivity contribution is 5.70. The fraction of sp³-hybridized carbons (Fsp3) is 0.387. The third-order valence-electron chi connectivity index (χ3n) is 6.49. The summed E-state index contributed by atoms with van der Waals surface area (Å²) in [6.45, 7) is 10.7. The Morgan fingerprint density at radius 3 is 2.43 bits per heavy atom. The summed E-state index contributed by atoms with van der Waals surface area (Å²) in [7, 11) is 1.71. The number of ether oxygens (including phenoxy) is 2. The minimum atomic E-state index is -0.833. The van der Waals surface area contributed by atoms with Crippen molar-refractivity contribution in [2.45, 2.75) is 71.8 Å². The molecule has 0 saturated heterocycles. The van der Waals surface area contributed by atoms with Crippen LogP contribution < -0.4 is 9.47 Å². The van der Waals surface area contributed by atoms with Gasteiger partial charge in [-0.05, 0) is 88.2 Å². The Labute approximate surface area is 209 Å². The molecule has 1 N–H and O–H groups in total. The molecule has 1 aliphatic carbocycles. The zero-order valence-electron chi connectivity index (χ0n) is 21.9. The van der Waals surface area contributed by atoms with Gasteiger partial charge in [0.2, 0.25) is 0 Å². The number of hydrogen-bond acceptors (Lipinski definition) is 3. The van der Waals surface area contributed by atoms with Gasteiger partial charge in [-0.2, -0.15) is 0 Å². The maximum atomic E-state index is 9.00. The number of fused-ring (bicyclic) bond motifs is 1. The number of benzene rings is 3. The van der Waals surface area contributed by atoms with Gasteiger partial charge in [-0.3, -0.25) is 4.79 Å². The third-order valence-corrected chi connectivity index (χ3v) is 6.49. The Balaban J connectivity index is 0.000000795. The van der Waals surface area contributed by atoms with Crippen LogP contribution >= 0.6 is 0 Å². The average Bonchev–Trinajstić information content (AvgIpc) is 3.24. The van der Waals surface area contributed by atoms with Crippen molar-refractivity contribution in [2.75, 3.05) is 7.11 Å². The fourth-order valence-electron chi connectivity index (χ4n) is 4.69. The minimum Gasteiger partial charge on any atom is -0.497 e. The quantitative estimate of drug-likeness (QED) is 0.396. The minimum absolute atomic E-state index is 0.0241.